The molecule has 1 saturated heterocycles. The zero-order valence-electron chi connectivity index (χ0n) is 13.5. The Morgan fingerprint density at radius 3 is 2.87 bits per heavy atom. The first-order chi connectivity index (χ1) is 11.2. The van der Waals surface area contributed by atoms with Crippen LogP contribution in [0.15, 0.2) is 24.4 Å². The maximum atomic E-state index is 12.3. The predicted octanol–water partition coefficient (Wildman–Crippen LogP) is 1.92. The van der Waals surface area contributed by atoms with E-state index in [9.17, 15) is 9.59 Å². The highest BCUT2D eigenvalue weighted by molar-refractivity contribution is 5.89. The fraction of sp³-hybridized carbons (Fsp3) is 0.611. The molecule has 1 saturated carbocycles. The van der Waals surface area contributed by atoms with Gasteiger partial charge in [-0.1, -0.05) is 18.9 Å². The van der Waals surface area contributed by atoms with Crippen molar-refractivity contribution in [1.82, 2.24) is 15.2 Å². The molecule has 5 nitrogen and oxygen atoms in total. The third-order valence-corrected chi connectivity index (χ3v) is 4.93. The fourth-order valence-corrected chi connectivity index (χ4v) is 3.65. The molecule has 3 rings (SSSR count). The Morgan fingerprint density at radius 2 is 2.13 bits per heavy atom. The highest BCUT2D eigenvalue weighted by Crippen LogP contribution is 2.29. The van der Waals surface area contributed by atoms with Gasteiger partial charge in [0.25, 0.3) is 0 Å². The number of pyridine rings is 1. The smallest absolute Gasteiger partial charge is 0.225 e. The average Bonchev–Trinajstić information content (AvgIpc) is 3.21. The lowest BCUT2D eigenvalue weighted by molar-refractivity contribution is -0.130. The Bertz CT molecular complexity index is 540. The number of aromatic nitrogens is 1. The summed E-state index contributed by atoms with van der Waals surface area (Å²) in [6.45, 7) is 1.25. The first-order valence-corrected chi connectivity index (χ1v) is 8.71. The zero-order chi connectivity index (χ0) is 16.1. The van der Waals surface area contributed by atoms with Crippen molar-refractivity contribution in [2.45, 2.75) is 51.0 Å². The van der Waals surface area contributed by atoms with E-state index in [0.717, 1.165) is 31.4 Å². The largest absolute Gasteiger partial charge is 0.356 e. The Kier molecular flexibility index (Phi) is 5.26. The third-order valence-electron chi connectivity index (χ3n) is 4.93. The van der Waals surface area contributed by atoms with Crippen LogP contribution in [0.25, 0.3) is 0 Å². The number of amides is 2. The van der Waals surface area contributed by atoms with Gasteiger partial charge in [0.2, 0.25) is 11.8 Å². The Hall–Kier alpha value is -1.91. The van der Waals surface area contributed by atoms with Crippen LogP contribution < -0.4 is 5.32 Å². The van der Waals surface area contributed by atoms with Crippen LogP contribution in [0.5, 0.6) is 0 Å². The van der Waals surface area contributed by atoms with Crippen molar-refractivity contribution in [3.63, 3.8) is 0 Å². The molecule has 1 aromatic rings. The summed E-state index contributed by atoms with van der Waals surface area (Å²) in [5.74, 6) is 0.0170. The minimum atomic E-state index is -0.169. The monoisotopic (exact) mass is 315 g/mol. The van der Waals surface area contributed by atoms with Crippen LogP contribution in [0.2, 0.25) is 0 Å². The van der Waals surface area contributed by atoms with Gasteiger partial charge in [0.15, 0.2) is 0 Å². The Morgan fingerprint density at radius 1 is 1.30 bits per heavy atom. The van der Waals surface area contributed by atoms with Gasteiger partial charge < -0.3 is 10.2 Å². The van der Waals surface area contributed by atoms with Gasteiger partial charge in [0.05, 0.1) is 5.92 Å². The summed E-state index contributed by atoms with van der Waals surface area (Å²) in [6.07, 6.45) is 8.51. The van der Waals surface area contributed by atoms with Crippen molar-refractivity contribution in [3.8, 4) is 0 Å². The minimum absolute atomic E-state index is 0.0277. The van der Waals surface area contributed by atoms with Crippen LogP contribution in [0.3, 0.4) is 0 Å². The summed E-state index contributed by atoms with van der Waals surface area (Å²) in [5.41, 5.74) is 1.05. The second kappa shape index (κ2) is 7.57. The summed E-state index contributed by atoms with van der Waals surface area (Å²) in [5, 5.41) is 2.98. The van der Waals surface area contributed by atoms with Crippen LogP contribution in [0.1, 0.15) is 44.2 Å². The van der Waals surface area contributed by atoms with Crippen molar-refractivity contribution in [1.29, 1.82) is 0 Å². The van der Waals surface area contributed by atoms with Gasteiger partial charge in [-0.2, -0.15) is 0 Å². The summed E-state index contributed by atoms with van der Waals surface area (Å²) >= 11 is 0. The summed E-state index contributed by atoms with van der Waals surface area (Å²) in [7, 11) is 0. The van der Waals surface area contributed by atoms with E-state index in [0.29, 0.717) is 25.6 Å². The standard InChI is InChI=1S/C18H25N3O2/c22-17-12-14(13-21(17)16-8-1-2-9-16)18(23)20-11-5-7-15-6-3-4-10-19-15/h3-4,6,10,14,16H,1-2,5,7-9,11-13H2,(H,20,23)/t14-/m1/s1. The Balaban J connectivity index is 1.39. The molecule has 1 aliphatic heterocycles. The number of nitrogens with zero attached hydrogens (tertiary/aromatic N) is 2. The lowest BCUT2D eigenvalue weighted by Gasteiger charge is -2.23. The maximum Gasteiger partial charge on any atom is 0.225 e. The number of hydrogen-bond acceptors (Lipinski definition) is 3. The van der Waals surface area contributed by atoms with Crippen LogP contribution in [0.4, 0.5) is 0 Å². The molecule has 1 N–H and O–H groups in total. The molecule has 2 fully saturated rings. The lowest BCUT2D eigenvalue weighted by atomic mass is 10.1. The molecule has 5 heteroatoms. The third kappa shape index (κ3) is 4.09. The van der Waals surface area contributed by atoms with Crippen molar-refractivity contribution >= 4 is 11.8 Å². The highest BCUT2D eigenvalue weighted by atomic mass is 16.2. The summed E-state index contributed by atoms with van der Waals surface area (Å²) in [4.78, 5) is 30.6. The predicted molar refractivity (Wildman–Crippen MR) is 87.6 cm³/mol. The molecule has 2 aliphatic rings. The topological polar surface area (TPSA) is 62.3 Å². The van der Waals surface area contributed by atoms with Crippen LogP contribution in [0, 0.1) is 5.92 Å². The maximum absolute atomic E-state index is 12.3. The second-order valence-electron chi connectivity index (χ2n) is 6.60. The van der Waals surface area contributed by atoms with Crippen molar-refractivity contribution in [2.24, 2.45) is 5.92 Å². The van der Waals surface area contributed by atoms with E-state index in [1.165, 1.54) is 12.8 Å². The van der Waals surface area contributed by atoms with E-state index in [1.807, 2.05) is 23.1 Å². The molecule has 23 heavy (non-hydrogen) atoms. The van der Waals surface area contributed by atoms with Crippen LogP contribution >= 0.6 is 0 Å². The van der Waals surface area contributed by atoms with Gasteiger partial charge in [-0.15, -0.1) is 0 Å². The van der Waals surface area contributed by atoms with E-state index in [2.05, 4.69) is 10.3 Å². The lowest BCUT2D eigenvalue weighted by Crippen LogP contribution is -2.37. The summed E-state index contributed by atoms with van der Waals surface area (Å²) in [6, 6.07) is 6.25. The van der Waals surface area contributed by atoms with Crippen molar-refractivity contribution in [3.05, 3.63) is 30.1 Å². The van der Waals surface area contributed by atoms with Crippen molar-refractivity contribution in [2.75, 3.05) is 13.1 Å². The minimum Gasteiger partial charge on any atom is -0.356 e. The summed E-state index contributed by atoms with van der Waals surface area (Å²) < 4.78 is 0. The molecule has 1 atom stereocenters. The molecule has 0 radical (unpaired) electrons. The van der Waals surface area contributed by atoms with E-state index >= 15 is 0 Å². The number of rotatable bonds is 6. The SMILES string of the molecule is O=C(NCCCc1ccccn1)[C@@H]1CC(=O)N(C2CCCC2)C1. The molecular weight excluding hydrogens is 290 g/mol. The van der Waals surface area contributed by atoms with Gasteiger partial charge in [-0.3, -0.25) is 14.6 Å². The molecule has 2 amide bonds. The van der Waals surface area contributed by atoms with E-state index in [4.69, 9.17) is 0 Å². The van der Waals surface area contributed by atoms with Gasteiger partial charge in [0.1, 0.15) is 0 Å². The first kappa shape index (κ1) is 16.0. The molecule has 0 spiro atoms. The molecule has 0 unspecified atom stereocenters. The molecule has 1 aromatic heterocycles. The van der Waals surface area contributed by atoms with Crippen LogP contribution in [-0.4, -0.2) is 40.8 Å². The van der Waals surface area contributed by atoms with Crippen LogP contribution in [-0.2, 0) is 16.0 Å². The zero-order valence-corrected chi connectivity index (χ0v) is 13.5. The number of carbonyl (C=O) groups excluding carboxylic acids is 2. The normalized spacial score (nSPS) is 21.8. The molecule has 0 aromatic carbocycles. The Labute approximate surface area is 137 Å². The molecule has 1 aliphatic carbocycles. The van der Waals surface area contributed by atoms with Gasteiger partial charge in [-0.25, -0.2) is 0 Å². The number of carbonyl (C=O) groups is 2. The van der Waals surface area contributed by atoms with Gasteiger partial charge in [-0.05, 0) is 37.8 Å². The van der Waals surface area contributed by atoms with Gasteiger partial charge >= 0.3 is 0 Å². The van der Waals surface area contributed by atoms with Gasteiger partial charge in [0, 0.05) is 37.4 Å². The number of nitrogens with one attached hydrogen (secondary N) is 1. The van der Waals surface area contributed by atoms with E-state index < -0.39 is 0 Å². The number of aryl methyl sites for hydroxylation is 1. The number of hydrogen-bond donors (Lipinski definition) is 1. The van der Waals surface area contributed by atoms with E-state index in [-0.39, 0.29) is 17.7 Å². The first-order valence-electron chi connectivity index (χ1n) is 8.71. The molecule has 2 heterocycles. The fourth-order valence-electron chi connectivity index (χ4n) is 3.65. The average molecular weight is 315 g/mol. The molecular formula is C18H25N3O2. The second-order valence-corrected chi connectivity index (χ2v) is 6.60. The molecule has 124 valence electrons. The highest BCUT2D eigenvalue weighted by Gasteiger charge is 2.38. The number of likely N-dealkylation sites (tertiary alicyclic amines) is 1. The quantitative estimate of drug-likeness (QED) is 0.816. The van der Waals surface area contributed by atoms with E-state index in [1.54, 1.807) is 6.20 Å². The molecule has 0 bridgehead atoms. The van der Waals surface area contributed by atoms with Crippen molar-refractivity contribution < 1.29 is 9.59 Å².